The molecule has 0 aliphatic carbocycles. The van der Waals surface area contributed by atoms with Crippen molar-refractivity contribution in [1.29, 1.82) is 5.26 Å². The average Bonchev–Trinajstić information content (AvgIpc) is 3.11. The highest BCUT2D eigenvalue weighted by Gasteiger charge is 2.37. The lowest BCUT2D eigenvalue weighted by molar-refractivity contribution is -0.183. The van der Waals surface area contributed by atoms with Crippen LogP contribution in [0.5, 0.6) is 0 Å². The zero-order chi connectivity index (χ0) is 17.1. The monoisotopic (exact) mass is 330 g/mol. The number of hydroxylamine groups is 2. The van der Waals surface area contributed by atoms with E-state index in [0.717, 1.165) is 5.56 Å². The zero-order valence-electron chi connectivity index (χ0n) is 13.1. The highest BCUT2D eigenvalue weighted by Crippen LogP contribution is 2.33. The van der Waals surface area contributed by atoms with E-state index in [9.17, 15) is 9.59 Å². The number of piperidine rings is 1. The van der Waals surface area contributed by atoms with E-state index < -0.39 is 6.09 Å². The van der Waals surface area contributed by atoms with E-state index in [1.54, 1.807) is 12.3 Å². The number of rotatable bonds is 2. The summed E-state index contributed by atoms with van der Waals surface area (Å²) in [6, 6.07) is 3.51. The molecule has 8 heteroatoms. The van der Waals surface area contributed by atoms with Gasteiger partial charge in [0.1, 0.15) is 6.07 Å². The van der Waals surface area contributed by atoms with Crippen molar-refractivity contribution in [3.8, 4) is 6.07 Å². The summed E-state index contributed by atoms with van der Waals surface area (Å²) >= 11 is 0. The van der Waals surface area contributed by atoms with Gasteiger partial charge in [0.15, 0.2) is 0 Å². The summed E-state index contributed by atoms with van der Waals surface area (Å²) in [4.78, 5) is 34.6. The third kappa shape index (κ3) is 3.16. The lowest BCUT2D eigenvalue weighted by Crippen LogP contribution is -2.43. The molecule has 1 N–H and O–H groups in total. The molecular weight excluding hydrogens is 312 g/mol. The molecule has 8 nitrogen and oxygen atoms in total. The summed E-state index contributed by atoms with van der Waals surface area (Å²) in [7, 11) is 0. The van der Waals surface area contributed by atoms with E-state index in [0.29, 0.717) is 44.5 Å². The largest absolute Gasteiger partial charge is 0.465 e. The maximum Gasteiger partial charge on any atom is 0.407 e. The molecule has 1 unspecified atom stereocenters. The van der Waals surface area contributed by atoms with Crippen LogP contribution in [0.3, 0.4) is 0 Å². The van der Waals surface area contributed by atoms with Crippen LogP contribution in [0.25, 0.3) is 0 Å². The smallest absolute Gasteiger partial charge is 0.407 e. The normalized spacial score (nSPS) is 21.5. The Labute approximate surface area is 139 Å². The lowest BCUT2D eigenvalue weighted by Gasteiger charge is -2.32. The van der Waals surface area contributed by atoms with Gasteiger partial charge in [-0.05, 0) is 24.5 Å². The second-order valence-electron chi connectivity index (χ2n) is 5.96. The number of nitrogens with zero attached hydrogens (tertiary/aromatic N) is 4. The Morgan fingerprint density at radius 2 is 2.04 bits per heavy atom. The van der Waals surface area contributed by atoms with E-state index in [4.69, 9.17) is 15.2 Å². The Morgan fingerprint density at radius 1 is 1.29 bits per heavy atom. The highest BCUT2D eigenvalue weighted by molar-refractivity contribution is 5.79. The first-order chi connectivity index (χ1) is 11.6. The molecule has 0 saturated carbocycles. The molecule has 3 heterocycles. The van der Waals surface area contributed by atoms with Crippen LogP contribution in [0.1, 0.15) is 36.4 Å². The van der Waals surface area contributed by atoms with E-state index in [1.807, 2.05) is 6.07 Å². The van der Waals surface area contributed by atoms with E-state index in [2.05, 4.69) is 4.98 Å². The highest BCUT2D eigenvalue weighted by atomic mass is 16.7. The minimum Gasteiger partial charge on any atom is -0.465 e. The summed E-state index contributed by atoms with van der Waals surface area (Å²) in [5, 5.41) is 19.4. The number of pyridine rings is 1. The van der Waals surface area contributed by atoms with Crippen LogP contribution in [-0.2, 0) is 9.63 Å². The van der Waals surface area contributed by atoms with Gasteiger partial charge >= 0.3 is 6.09 Å². The molecule has 2 saturated heterocycles. The third-order valence-electron chi connectivity index (χ3n) is 4.51. The number of hydrogen-bond acceptors (Lipinski definition) is 5. The Balaban J connectivity index is 1.70. The number of nitriles is 1. The predicted molar refractivity (Wildman–Crippen MR) is 81.4 cm³/mol. The van der Waals surface area contributed by atoms with Crippen molar-refractivity contribution in [2.75, 3.05) is 19.7 Å². The van der Waals surface area contributed by atoms with Crippen molar-refractivity contribution >= 4 is 12.0 Å². The quantitative estimate of drug-likeness (QED) is 0.881. The summed E-state index contributed by atoms with van der Waals surface area (Å²) < 4.78 is 0. The Kier molecular flexibility index (Phi) is 4.62. The van der Waals surface area contributed by atoms with Gasteiger partial charge in [0, 0.05) is 37.8 Å². The van der Waals surface area contributed by atoms with Gasteiger partial charge in [-0.1, -0.05) is 0 Å². The molecule has 1 atom stereocenters. The molecule has 2 amide bonds. The second-order valence-corrected chi connectivity index (χ2v) is 5.96. The molecular formula is C16H18N4O4. The maximum absolute atomic E-state index is 12.8. The molecule has 0 aromatic carbocycles. The summed E-state index contributed by atoms with van der Waals surface area (Å²) in [6.07, 6.45) is 3.81. The molecule has 0 spiro atoms. The summed E-state index contributed by atoms with van der Waals surface area (Å²) in [6.45, 7) is 1.15. The van der Waals surface area contributed by atoms with Crippen LogP contribution >= 0.6 is 0 Å². The van der Waals surface area contributed by atoms with Crippen LogP contribution in [0, 0.1) is 17.2 Å². The fraction of sp³-hybridized carbons (Fsp3) is 0.500. The first kappa shape index (κ1) is 16.2. The molecule has 0 bridgehead atoms. The molecule has 0 radical (unpaired) electrons. The minimum absolute atomic E-state index is 0.120. The van der Waals surface area contributed by atoms with Gasteiger partial charge in [0.25, 0.3) is 0 Å². The van der Waals surface area contributed by atoms with Crippen LogP contribution in [0.2, 0.25) is 0 Å². The zero-order valence-corrected chi connectivity index (χ0v) is 13.1. The number of amides is 2. The number of carbonyl (C=O) groups is 2. The fourth-order valence-electron chi connectivity index (χ4n) is 3.19. The Bertz CT molecular complexity index is 679. The second kappa shape index (κ2) is 6.84. The maximum atomic E-state index is 12.8. The molecule has 24 heavy (non-hydrogen) atoms. The first-order valence-corrected chi connectivity index (χ1v) is 7.89. The lowest BCUT2D eigenvalue weighted by atomic mass is 9.95. The summed E-state index contributed by atoms with van der Waals surface area (Å²) in [5.41, 5.74) is 1.23. The predicted octanol–water partition coefficient (Wildman–Crippen LogP) is 1.55. The van der Waals surface area contributed by atoms with Crippen molar-refractivity contribution in [1.82, 2.24) is 14.9 Å². The van der Waals surface area contributed by atoms with Gasteiger partial charge in [-0.15, -0.1) is 0 Å². The average molecular weight is 330 g/mol. The van der Waals surface area contributed by atoms with E-state index >= 15 is 0 Å². The van der Waals surface area contributed by atoms with Crippen LogP contribution in [0.4, 0.5) is 4.79 Å². The summed E-state index contributed by atoms with van der Waals surface area (Å²) in [5.74, 6) is -0.363. The number of likely N-dealkylation sites (tertiary alicyclic amines) is 1. The SMILES string of the molecule is N#Cc1cncc(C2CCON2C(=O)C2CCN(C(=O)O)CC2)c1. The molecule has 126 valence electrons. The molecule has 2 aliphatic rings. The van der Waals surface area contributed by atoms with Gasteiger partial charge in [0.2, 0.25) is 5.91 Å². The number of carboxylic acid groups (broad SMARTS) is 1. The van der Waals surface area contributed by atoms with Crippen molar-refractivity contribution in [2.24, 2.45) is 5.92 Å². The van der Waals surface area contributed by atoms with E-state index in [-0.39, 0.29) is 17.9 Å². The Morgan fingerprint density at radius 3 is 2.71 bits per heavy atom. The Hall–Kier alpha value is -2.66. The van der Waals surface area contributed by atoms with Crippen molar-refractivity contribution < 1.29 is 19.5 Å². The third-order valence-corrected chi connectivity index (χ3v) is 4.51. The first-order valence-electron chi connectivity index (χ1n) is 7.89. The molecule has 1 aromatic heterocycles. The van der Waals surface area contributed by atoms with Crippen LogP contribution < -0.4 is 0 Å². The van der Waals surface area contributed by atoms with Gasteiger partial charge in [0.05, 0.1) is 18.2 Å². The number of aromatic nitrogens is 1. The van der Waals surface area contributed by atoms with Crippen LogP contribution in [0.15, 0.2) is 18.5 Å². The van der Waals surface area contributed by atoms with Crippen molar-refractivity contribution in [3.05, 3.63) is 29.6 Å². The van der Waals surface area contributed by atoms with Gasteiger partial charge in [-0.3, -0.25) is 14.6 Å². The van der Waals surface area contributed by atoms with Crippen molar-refractivity contribution in [3.63, 3.8) is 0 Å². The standard InChI is InChI=1S/C16H18N4O4/c17-8-11-7-13(10-18-9-11)14-3-6-24-20(14)15(21)12-1-4-19(5-2-12)16(22)23/h7,9-10,12,14H,1-6H2,(H,22,23). The van der Waals surface area contributed by atoms with Crippen molar-refractivity contribution in [2.45, 2.75) is 25.3 Å². The topological polar surface area (TPSA) is 107 Å². The van der Waals surface area contributed by atoms with Gasteiger partial charge in [-0.2, -0.15) is 5.26 Å². The fourth-order valence-corrected chi connectivity index (χ4v) is 3.19. The molecule has 2 fully saturated rings. The minimum atomic E-state index is -0.949. The van der Waals surface area contributed by atoms with Gasteiger partial charge in [-0.25, -0.2) is 9.86 Å². The molecule has 3 rings (SSSR count). The molecule has 1 aromatic rings. The van der Waals surface area contributed by atoms with E-state index in [1.165, 1.54) is 16.2 Å². The van der Waals surface area contributed by atoms with Gasteiger partial charge < -0.3 is 10.0 Å². The van der Waals surface area contributed by atoms with Crippen LogP contribution in [-0.4, -0.2) is 51.8 Å². The number of carbonyl (C=O) groups excluding carboxylic acids is 1. The number of hydrogen-bond donors (Lipinski definition) is 1. The molecule has 2 aliphatic heterocycles.